The first-order valence-corrected chi connectivity index (χ1v) is 8.38. The van der Waals surface area contributed by atoms with Crippen molar-refractivity contribution in [3.8, 4) is 0 Å². The Balaban J connectivity index is 1.81. The topological polar surface area (TPSA) is 65.5 Å². The monoisotopic (exact) mass is 347 g/mol. The first-order chi connectivity index (χ1) is 12.7. The zero-order valence-corrected chi connectivity index (χ0v) is 14.5. The van der Waals surface area contributed by atoms with Crippen molar-refractivity contribution in [2.24, 2.45) is 0 Å². The molecule has 1 aromatic heterocycles. The Hall–Kier alpha value is -3.18. The maximum Gasteiger partial charge on any atom is 0.255 e. The normalized spacial score (nSPS) is 11.6. The molecule has 1 unspecified atom stereocenters. The van der Waals surface area contributed by atoms with E-state index < -0.39 is 11.8 Å². The number of nitrogens with zero attached hydrogens (tertiary/aromatic N) is 2. The van der Waals surface area contributed by atoms with E-state index in [1.807, 2.05) is 80.0 Å². The van der Waals surface area contributed by atoms with Crippen LogP contribution in [-0.4, -0.2) is 23.1 Å². The summed E-state index contributed by atoms with van der Waals surface area (Å²) in [5.74, 6) is -1.01. The molecule has 0 aliphatic carbocycles. The average molecular weight is 347 g/mol. The Morgan fingerprint density at radius 1 is 1.04 bits per heavy atom. The lowest BCUT2D eigenvalue weighted by Gasteiger charge is -2.21. The zero-order valence-electron chi connectivity index (χ0n) is 14.5. The van der Waals surface area contributed by atoms with Gasteiger partial charge in [0.2, 0.25) is 0 Å². The molecule has 132 valence electrons. The van der Waals surface area contributed by atoms with Crippen molar-refractivity contribution < 1.29 is 10.0 Å². The largest absolute Gasteiger partial charge is 0.370 e. The molecule has 0 spiro atoms. The standard InChI is InChI=1S/C21H21N3O2/c1-24(15-16-6-5-13-22-14-16)19-11-9-18(10-12-19)20(21(25)23-26)17-7-3-2-4-8-17/h2-14,20,26H,15H2,1H3,(H,23,25). The van der Waals surface area contributed by atoms with Gasteiger partial charge in [-0.05, 0) is 34.9 Å². The summed E-state index contributed by atoms with van der Waals surface area (Å²) in [5.41, 5.74) is 5.59. The smallest absolute Gasteiger partial charge is 0.255 e. The Morgan fingerprint density at radius 2 is 1.73 bits per heavy atom. The van der Waals surface area contributed by atoms with Crippen molar-refractivity contribution in [3.05, 3.63) is 95.8 Å². The molecule has 1 amide bonds. The second kappa shape index (κ2) is 8.27. The summed E-state index contributed by atoms with van der Waals surface area (Å²) < 4.78 is 0. The number of hydrogen-bond acceptors (Lipinski definition) is 4. The highest BCUT2D eigenvalue weighted by Crippen LogP contribution is 2.27. The first-order valence-electron chi connectivity index (χ1n) is 8.38. The van der Waals surface area contributed by atoms with Crippen LogP contribution in [0, 0.1) is 0 Å². The van der Waals surface area contributed by atoms with Crippen LogP contribution < -0.4 is 10.4 Å². The number of anilines is 1. The van der Waals surface area contributed by atoms with Crippen molar-refractivity contribution in [3.63, 3.8) is 0 Å². The first kappa shape index (κ1) is 17.6. The summed E-state index contributed by atoms with van der Waals surface area (Å²) in [7, 11) is 2.01. The molecule has 3 aromatic rings. The molecule has 0 saturated carbocycles. The van der Waals surface area contributed by atoms with Gasteiger partial charge in [0.25, 0.3) is 5.91 Å². The van der Waals surface area contributed by atoms with Gasteiger partial charge in [-0.25, -0.2) is 5.48 Å². The fourth-order valence-electron chi connectivity index (χ4n) is 2.98. The highest BCUT2D eigenvalue weighted by molar-refractivity contribution is 5.86. The molecule has 2 N–H and O–H groups in total. The number of nitrogens with one attached hydrogen (secondary N) is 1. The molecule has 1 atom stereocenters. The molecule has 0 radical (unpaired) electrons. The number of carbonyl (C=O) groups excluding carboxylic acids is 1. The van der Waals surface area contributed by atoms with Gasteiger partial charge in [-0.15, -0.1) is 0 Å². The number of pyridine rings is 1. The maximum absolute atomic E-state index is 12.2. The lowest BCUT2D eigenvalue weighted by molar-refractivity contribution is -0.129. The molecule has 5 nitrogen and oxygen atoms in total. The molecule has 3 rings (SSSR count). The highest BCUT2D eigenvalue weighted by atomic mass is 16.5. The van der Waals surface area contributed by atoms with E-state index in [1.54, 1.807) is 11.7 Å². The number of hydroxylamine groups is 1. The number of rotatable bonds is 6. The lowest BCUT2D eigenvalue weighted by Crippen LogP contribution is -2.27. The van der Waals surface area contributed by atoms with E-state index in [0.717, 1.165) is 28.9 Å². The summed E-state index contributed by atoms with van der Waals surface area (Å²) in [4.78, 5) is 18.4. The summed E-state index contributed by atoms with van der Waals surface area (Å²) in [6.45, 7) is 0.742. The molecule has 2 aromatic carbocycles. The molecular weight excluding hydrogens is 326 g/mol. The van der Waals surface area contributed by atoms with Crippen LogP contribution in [-0.2, 0) is 11.3 Å². The minimum atomic E-state index is -0.557. The van der Waals surface area contributed by atoms with Gasteiger partial charge < -0.3 is 4.90 Å². The SMILES string of the molecule is CN(Cc1cccnc1)c1ccc(C(C(=O)NO)c2ccccc2)cc1. The Labute approximate surface area is 152 Å². The summed E-state index contributed by atoms with van der Waals surface area (Å²) >= 11 is 0. The predicted molar refractivity (Wildman–Crippen MR) is 101 cm³/mol. The second-order valence-corrected chi connectivity index (χ2v) is 6.13. The van der Waals surface area contributed by atoms with Crippen LogP contribution in [0.3, 0.4) is 0 Å². The highest BCUT2D eigenvalue weighted by Gasteiger charge is 2.22. The Morgan fingerprint density at radius 3 is 2.35 bits per heavy atom. The third-order valence-corrected chi connectivity index (χ3v) is 4.32. The van der Waals surface area contributed by atoms with E-state index in [9.17, 15) is 4.79 Å². The fourth-order valence-corrected chi connectivity index (χ4v) is 2.98. The summed E-state index contributed by atoms with van der Waals surface area (Å²) in [6.07, 6.45) is 3.61. The fraction of sp³-hybridized carbons (Fsp3) is 0.143. The van der Waals surface area contributed by atoms with Gasteiger partial charge in [-0.3, -0.25) is 15.0 Å². The number of amides is 1. The molecule has 0 aliphatic rings. The van der Waals surface area contributed by atoms with Crippen molar-refractivity contribution in [1.82, 2.24) is 10.5 Å². The molecule has 0 aliphatic heterocycles. The van der Waals surface area contributed by atoms with E-state index in [1.165, 1.54) is 0 Å². The zero-order chi connectivity index (χ0) is 18.4. The maximum atomic E-state index is 12.2. The summed E-state index contributed by atoms with van der Waals surface area (Å²) in [6, 6.07) is 21.2. The van der Waals surface area contributed by atoms with Gasteiger partial charge in [0, 0.05) is 31.7 Å². The van der Waals surface area contributed by atoms with Crippen molar-refractivity contribution in [2.45, 2.75) is 12.5 Å². The lowest BCUT2D eigenvalue weighted by atomic mass is 9.90. The number of carbonyl (C=O) groups is 1. The van der Waals surface area contributed by atoms with E-state index in [4.69, 9.17) is 5.21 Å². The van der Waals surface area contributed by atoms with Crippen molar-refractivity contribution in [2.75, 3.05) is 11.9 Å². The van der Waals surface area contributed by atoms with Crippen LogP contribution in [0.2, 0.25) is 0 Å². The van der Waals surface area contributed by atoms with Gasteiger partial charge in [0.15, 0.2) is 0 Å². The minimum Gasteiger partial charge on any atom is -0.370 e. The molecule has 0 saturated heterocycles. The van der Waals surface area contributed by atoms with Gasteiger partial charge in [-0.2, -0.15) is 0 Å². The van der Waals surface area contributed by atoms with Crippen molar-refractivity contribution in [1.29, 1.82) is 0 Å². The van der Waals surface area contributed by atoms with Crippen LogP contribution in [0.5, 0.6) is 0 Å². The van der Waals surface area contributed by atoms with Gasteiger partial charge >= 0.3 is 0 Å². The molecule has 0 fully saturated rings. The molecule has 26 heavy (non-hydrogen) atoms. The minimum absolute atomic E-state index is 0.451. The molecule has 1 heterocycles. The number of benzene rings is 2. The van der Waals surface area contributed by atoms with Gasteiger partial charge in [0.05, 0.1) is 5.92 Å². The van der Waals surface area contributed by atoms with E-state index in [-0.39, 0.29) is 0 Å². The van der Waals surface area contributed by atoms with Crippen LogP contribution in [0.25, 0.3) is 0 Å². The summed E-state index contributed by atoms with van der Waals surface area (Å²) in [5, 5.41) is 9.12. The van der Waals surface area contributed by atoms with E-state index in [0.29, 0.717) is 0 Å². The van der Waals surface area contributed by atoms with E-state index in [2.05, 4.69) is 9.88 Å². The third-order valence-electron chi connectivity index (χ3n) is 4.32. The quantitative estimate of drug-likeness (QED) is 0.530. The number of hydrogen-bond donors (Lipinski definition) is 2. The third kappa shape index (κ3) is 4.07. The Bertz CT molecular complexity index is 836. The van der Waals surface area contributed by atoms with Crippen molar-refractivity contribution >= 4 is 11.6 Å². The molecular formula is C21H21N3O2. The second-order valence-electron chi connectivity index (χ2n) is 6.13. The van der Waals surface area contributed by atoms with Crippen LogP contribution >= 0.6 is 0 Å². The molecule has 5 heteroatoms. The van der Waals surface area contributed by atoms with Crippen LogP contribution in [0.4, 0.5) is 5.69 Å². The van der Waals surface area contributed by atoms with Gasteiger partial charge in [-0.1, -0.05) is 48.5 Å². The van der Waals surface area contributed by atoms with E-state index >= 15 is 0 Å². The Kier molecular flexibility index (Phi) is 5.61. The predicted octanol–water partition coefficient (Wildman–Crippen LogP) is 3.36. The van der Waals surface area contributed by atoms with Gasteiger partial charge in [0.1, 0.15) is 0 Å². The van der Waals surface area contributed by atoms with Crippen LogP contribution in [0.15, 0.2) is 79.1 Å². The number of aromatic nitrogens is 1. The average Bonchev–Trinajstić information content (AvgIpc) is 2.70. The molecule has 0 bridgehead atoms. The van der Waals surface area contributed by atoms with Crippen LogP contribution in [0.1, 0.15) is 22.6 Å².